The van der Waals surface area contributed by atoms with E-state index in [0.717, 1.165) is 0 Å². The van der Waals surface area contributed by atoms with Gasteiger partial charge in [-0.1, -0.05) is 12.2 Å². The third-order valence-electron chi connectivity index (χ3n) is 2.84. The molecule has 1 aromatic heterocycles. The van der Waals surface area contributed by atoms with Crippen LogP contribution >= 0.6 is 12.2 Å². The summed E-state index contributed by atoms with van der Waals surface area (Å²) in [4.78, 5) is 6.65. The molecule has 2 rings (SSSR count). The molecule has 1 heterocycles. The Morgan fingerprint density at radius 3 is 2.48 bits per heavy atom. The summed E-state index contributed by atoms with van der Waals surface area (Å²) < 4.78 is 0.315. The highest BCUT2D eigenvalue weighted by Crippen LogP contribution is 2.34. The minimum atomic E-state index is -0.134. The molecule has 0 amide bonds. The number of nitrogens with two attached hydrogens (primary N) is 1. The van der Waals surface area contributed by atoms with Crippen LogP contribution in [0, 0.1) is 16.0 Å². The van der Waals surface area contributed by atoms with Gasteiger partial charge in [0.2, 0.25) is 0 Å². The number of H-pyrrole nitrogens is 1. The Balaban J connectivity index is 2.95. The molecule has 0 saturated heterocycles. The van der Waals surface area contributed by atoms with Crippen LogP contribution in [0.1, 0.15) is 11.1 Å². The van der Waals surface area contributed by atoms with Crippen molar-refractivity contribution in [2.75, 3.05) is 12.8 Å². The molecule has 7 heteroatoms. The first kappa shape index (κ1) is 14.6. The van der Waals surface area contributed by atoms with Gasteiger partial charge < -0.3 is 20.9 Å². The van der Waals surface area contributed by atoms with Gasteiger partial charge in [-0.25, -0.2) is 0 Å². The number of rotatable bonds is 2. The van der Waals surface area contributed by atoms with Gasteiger partial charge in [-0.15, -0.1) is 0 Å². The molecule has 0 fully saturated rings. The monoisotopic (exact) mass is 300 g/mol. The number of aliphatic imine (C=N–C) groups is 1. The Kier molecular flexibility index (Phi) is 3.91. The Labute approximate surface area is 125 Å². The molecule has 106 valence electrons. The summed E-state index contributed by atoms with van der Waals surface area (Å²) in [5.74, 6) is -0.148. The van der Waals surface area contributed by atoms with E-state index in [9.17, 15) is 15.5 Å². The normalized spacial score (nSPS) is 10.7. The van der Waals surface area contributed by atoms with Crippen LogP contribution in [0.3, 0.4) is 0 Å². The van der Waals surface area contributed by atoms with Crippen LogP contribution in [0.15, 0.2) is 23.2 Å². The number of aromatic nitrogens is 1. The molecule has 0 aliphatic heterocycles. The van der Waals surface area contributed by atoms with Gasteiger partial charge in [0, 0.05) is 30.5 Å². The second kappa shape index (κ2) is 5.64. The van der Waals surface area contributed by atoms with Crippen LogP contribution in [0.25, 0.3) is 11.1 Å². The van der Waals surface area contributed by atoms with Gasteiger partial charge in [-0.05, 0) is 17.7 Å². The molecule has 5 N–H and O–H groups in total. The zero-order chi connectivity index (χ0) is 15.6. The lowest BCUT2D eigenvalue weighted by atomic mass is 9.96. The quantitative estimate of drug-likeness (QED) is 0.501. The van der Waals surface area contributed by atoms with Crippen molar-refractivity contribution in [2.24, 2.45) is 4.99 Å². The second-order valence-corrected chi connectivity index (χ2v) is 4.68. The van der Waals surface area contributed by atoms with E-state index in [1.54, 1.807) is 7.05 Å². The molecule has 2 aromatic rings. The van der Waals surface area contributed by atoms with E-state index in [1.165, 1.54) is 24.4 Å². The number of aromatic hydroxyl groups is 2. The van der Waals surface area contributed by atoms with Crippen LogP contribution < -0.4 is 5.73 Å². The number of nitrogen functional groups attached to an aromatic ring is 1. The van der Waals surface area contributed by atoms with E-state index in [4.69, 9.17) is 18.0 Å². The Morgan fingerprint density at radius 1 is 1.33 bits per heavy atom. The summed E-state index contributed by atoms with van der Waals surface area (Å²) in [6, 6.07) is 6.02. The summed E-state index contributed by atoms with van der Waals surface area (Å²) in [5.41, 5.74) is 7.29. The molecule has 1 aromatic carbocycles. The lowest BCUT2D eigenvalue weighted by Gasteiger charge is -2.12. The summed E-state index contributed by atoms with van der Waals surface area (Å²) >= 11 is 5.20. The van der Waals surface area contributed by atoms with Crippen molar-refractivity contribution in [1.82, 2.24) is 4.98 Å². The lowest BCUT2D eigenvalue weighted by molar-refractivity contribution is 0.451. The Bertz CT molecular complexity index is 814. The van der Waals surface area contributed by atoms with E-state index in [-0.39, 0.29) is 22.9 Å². The predicted molar refractivity (Wildman–Crippen MR) is 83.0 cm³/mol. The van der Waals surface area contributed by atoms with Crippen molar-refractivity contribution in [3.05, 3.63) is 34.0 Å². The molecule has 0 radical (unpaired) electrons. The molecule has 0 spiro atoms. The minimum Gasteiger partial charge on any atom is -0.508 e. The number of phenolic OH excluding ortho intramolecular Hbond substituents is 2. The van der Waals surface area contributed by atoms with E-state index in [1.807, 2.05) is 6.07 Å². The van der Waals surface area contributed by atoms with Crippen LogP contribution in [0.5, 0.6) is 11.5 Å². The number of pyridine rings is 1. The van der Waals surface area contributed by atoms with Crippen molar-refractivity contribution in [3.8, 4) is 28.7 Å². The van der Waals surface area contributed by atoms with Gasteiger partial charge in [0.05, 0.1) is 0 Å². The first-order chi connectivity index (χ1) is 9.97. The second-order valence-electron chi connectivity index (χ2n) is 4.27. The van der Waals surface area contributed by atoms with Gasteiger partial charge in [0.25, 0.3) is 0 Å². The average molecular weight is 300 g/mol. The van der Waals surface area contributed by atoms with Crippen molar-refractivity contribution < 1.29 is 10.2 Å². The Hall–Kier alpha value is -2.85. The zero-order valence-electron chi connectivity index (χ0n) is 11.1. The fourth-order valence-corrected chi connectivity index (χ4v) is 2.31. The van der Waals surface area contributed by atoms with Gasteiger partial charge in [0.1, 0.15) is 33.6 Å². The highest BCUT2D eigenvalue weighted by molar-refractivity contribution is 7.71. The third-order valence-corrected chi connectivity index (χ3v) is 3.16. The molecule has 0 aliphatic carbocycles. The molecular weight excluding hydrogens is 288 g/mol. The SMILES string of the molecule is CN=Cc1c(-c2cc(O)cc(O)c2)c(C#N)c(N)[nH]c1=S. The zero-order valence-corrected chi connectivity index (χ0v) is 11.9. The third kappa shape index (κ3) is 2.70. The van der Waals surface area contributed by atoms with Gasteiger partial charge in [-0.2, -0.15) is 5.26 Å². The van der Waals surface area contributed by atoms with Crippen molar-refractivity contribution in [1.29, 1.82) is 5.26 Å². The molecule has 0 bridgehead atoms. The number of aromatic amines is 1. The number of benzene rings is 1. The smallest absolute Gasteiger partial charge is 0.120 e. The minimum absolute atomic E-state index is 0.119. The average Bonchev–Trinajstić information content (AvgIpc) is 2.40. The van der Waals surface area contributed by atoms with Crippen molar-refractivity contribution in [2.45, 2.75) is 0 Å². The van der Waals surface area contributed by atoms with Crippen molar-refractivity contribution in [3.63, 3.8) is 0 Å². The Morgan fingerprint density at radius 2 is 1.95 bits per heavy atom. The molecule has 0 unspecified atom stereocenters. The summed E-state index contributed by atoms with van der Waals surface area (Å²) in [5, 5.41) is 28.6. The van der Waals surface area contributed by atoms with E-state index < -0.39 is 0 Å². The molecular formula is C14H12N4O2S. The van der Waals surface area contributed by atoms with Crippen molar-refractivity contribution >= 4 is 24.3 Å². The van der Waals surface area contributed by atoms with Crippen LogP contribution in [0.2, 0.25) is 0 Å². The first-order valence-corrected chi connectivity index (χ1v) is 6.30. The molecule has 0 saturated carbocycles. The number of phenols is 2. The number of hydrogen-bond donors (Lipinski definition) is 4. The number of nitrogens with zero attached hydrogens (tertiary/aromatic N) is 2. The predicted octanol–water partition coefficient (Wildman–Crippen LogP) is 2.32. The molecule has 6 nitrogen and oxygen atoms in total. The molecule has 0 aliphatic rings. The first-order valence-electron chi connectivity index (χ1n) is 5.89. The number of hydrogen-bond acceptors (Lipinski definition) is 6. The van der Waals surface area contributed by atoms with Crippen LogP contribution in [0.4, 0.5) is 5.82 Å². The van der Waals surface area contributed by atoms with E-state index in [2.05, 4.69) is 9.98 Å². The number of nitriles is 1. The largest absolute Gasteiger partial charge is 0.508 e. The summed E-state index contributed by atoms with van der Waals surface area (Å²) in [6.45, 7) is 0. The van der Waals surface area contributed by atoms with E-state index >= 15 is 0 Å². The highest BCUT2D eigenvalue weighted by Gasteiger charge is 2.16. The fourth-order valence-electron chi connectivity index (χ4n) is 2.04. The molecule has 0 atom stereocenters. The molecule has 21 heavy (non-hydrogen) atoms. The topological polar surface area (TPSA) is 118 Å². The number of nitrogens with one attached hydrogen (secondary N) is 1. The maximum Gasteiger partial charge on any atom is 0.120 e. The maximum absolute atomic E-state index is 9.64. The fraction of sp³-hybridized carbons (Fsp3) is 0.0714. The number of anilines is 1. The highest BCUT2D eigenvalue weighted by atomic mass is 32.1. The van der Waals surface area contributed by atoms with Gasteiger partial charge >= 0.3 is 0 Å². The van der Waals surface area contributed by atoms with Crippen LogP contribution in [-0.2, 0) is 0 Å². The van der Waals surface area contributed by atoms with Crippen LogP contribution in [-0.4, -0.2) is 28.5 Å². The lowest BCUT2D eigenvalue weighted by Crippen LogP contribution is -2.03. The summed E-state index contributed by atoms with van der Waals surface area (Å²) in [7, 11) is 1.57. The van der Waals surface area contributed by atoms with Gasteiger partial charge in [-0.3, -0.25) is 4.99 Å². The maximum atomic E-state index is 9.64. The van der Waals surface area contributed by atoms with E-state index in [0.29, 0.717) is 21.3 Å². The standard InChI is InChI=1S/C14H12N4O2S/c1-17-6-11-12(7-2-8(19)4-9(20)3-7)10(5-15)13(16)18-14(11)21/h2-4,6,19-20H,1H3,(H3,16,18,21). The van der Waals surface area contributed by atoms with Gasteiger partial charge in [0.15, 0.2) is 0 Å². The summed E-state index contributed by atoms with van der Waals surface area (Å²) in [6.07, 6.45) is 1.50.